The fraction of sp³-hybridized carbons (Fsp3) is 0.222. The highest BCUT2D eigenvalue weighted by atomic mass is 16.5. The maximum atomic E-state index is 11.0. The molecule has 0 bridgehead atoms. The minimum Gasteiger partial charge on any atom is -0.489 e. The summed E-state index contributed by atoms with van der Waals surface area (Å²) in [6.45, 7) is 4.00. The molecule has 3 aromatic carbocycles. The Morgan fingerprint density at radius 3 is 2.51 bits per heavy atom. The largest absolute Gasteiger partial charge is 0.489 e. The van der Waals surface area contributed by atoms with Gasteiger partial charge in [-0.3, -0.25) is 0 Å². The number of aliphatic hydroxyl groups is 1. The van der Waals surface area contributed by atoms with Crippen molar-refractivity contribution < 1.29 is 14.6 Å². The van der Waals surface area contributed by atoms with Crippen molar-refractivity contribution in [3.05, 3.63) is 89.5 Å². The van der Waals surface area contributed by atoms with E-state index in [4.69, 9.17) is 9.47 Å². The summed E-state index contributed by atoms with van der Waals surface area (Å²) in [6.07, 6.45) is 0.800. The van der Waals surface area contributed by atoms with Gasteiger partial charge in [0.1, 0.15) is 29.8 Å². The second-order valence-electron chi connectivity index (χ2n) is 8.62. The van der Waals surface area contributed by atoms with E-state index in [-0.39, 0.29) is 5.96 Å². The van der Waals surface area contributed by atoms with Crippen LogP contribution in [0.5, 0.6) is 11.5 Å². The van der Waals surface area contributed by atoms with Crippen LogP contribution < -0.4 is 20.1 Å². The maximum Gasteiger partial charge on any atom is 0.212 e. The van der Waals surface area contributed by atoms with Crippen molar-refractivity contribution in [3.63, 3.8) is 0 Å². The highest BCUT2D eigenvalue weighted by Crippen LogP contribution is 2.40. The summed E-state index contributed by atoms with van der Waals surface area (Å²) in [5.74, 6) is 1.40. The van der Waals surface area contributed by atoms with Crippen LogP contribution in [0.25, 0.3) is 0 Å². The molecule has 2 atom stereocenters. The van der Waals surface area contributed by atoms with Gasteiger partial charge in [0, 0.05) is 11.3 Å². The Balaban J connectivity index is 1.50. The summed E-state index contributed by atoms with van der Waals surface area (Å²) in [5.41, 5.74) is 1.87. The molecule has 0 spiro atoms. The first kappa shape index (κ1) is 23.6. The first-order valence-electron chi connectivity index (χ1n) is 11.1. The number of aliphatic hydroxyl groups excluding tert-OH is 1. The van der Waals surface area contributed by atoms with Gasteiger partial charge in [-0.15, -0.1) is 4.99 Å². The molecule has 0 aromatic heterocycles. The van der Waals surface area contributed by atoms with E-state index in [0.29, 0.717) is 34.9 Å². The third-order valence-corrected chi connectivity index (χ3v) is 5.69. The van der Waals surface area contributed by atoms with Gasteiger partial charge in [0.25, 0.3) is 0 Å². The number of hydrogen-bond donors (Lipinski definition) is 3. The van der Waals surface area contributed by atoms with E-state index in [0.717, 1.165) is 5.56 Å². The quantitative estimate of drug-likeness (QED) is 0.291. The fourth-order valence-corrected chi connectivity index (χ4v) is 3.83. The average Bonchev–Trinajstić information content (AvgIpc) is 2.86. The van der Waals surface area contributed by atoms with Crippen LogP contribution in [0.15, 0.2) is 77.8 Å². The third-order valence-electron chi connectivity index (χ3n) is 5.69. The molecular weight excluding hydrogens is 442 g/mol. The number of rotatable bonds is 5. The molecule has 176 valence electrons. The number of ether oxygens (including phenoxy) is 2. The van der Waals surface area contributed by atoms with E-state index in [9.17, 15) is 15.6 Å². The lowest BCUT2D eigenvalue weighted by Gasteiger charge is -2.42. The zero-order chi connectivity index (χ0) is 24.8. The normalized spacial score (nSPS) is 18.3. The third kappa shape index (κ3) is 5.52. The Labute approximate surface area is 204 Å². The topological polar surface area (TPSA) is 123 Å². The minimum absolute atomic E-state index is 0.153. The van der Waals surface area contributed by atoms with Crippen LogP contribution in [0.4, 0.5) is 5.69 Å². The van der Waals surface area contributed by atoms with Crippen LogP contribution in [-0.2, 0) is 6.61 Å². The molecule has 0 fully saturated rings. The van der Waals surface area contributed by atoms with E-state index in [1.54, 1.807) is 50.4 Å². The lowest BCUT2D eigenvalue weighted by molar-refractivity contribution is -0.0610. The van der Waals surface area contributed by atoms with E-state index < -0.39 is 17.7 Å². The van der Waals surface area contributed by atoms with Crippen molar-refractivity contribution in [1.29, 1.82) is 10.5 Å². The van der Waals surface area contributed by atoms with Crippen LogP contribution in [0, 0.1) is 22.8 Å². The minimum atomic E-state index is -0.983. The molecule has 8 nitrogen and oxygen atoms in total. The Morgan fingerprint density at radius 2 is 1.83 bits per heavy atom. The summed E-state index contributed by atoms with van der Waals surface area (Å²) in [6, 6.07) is 23.6. The second kappa shape index (κ2) is 10.2. The van der Waals surface area contributed by atoms with Crippen molar-refractivity contribution in [2.24, 2.45) is 4.99 Å². The molecule has 3 N–H and O–H groups in total. The number of fused-ring (bicyclic) bond motifs is 1. The van der Waals surface area contributed by atoms with Gasteiger partial charge in [-0.05, 0) is 61.9 Å². The van der Waals surface area contributed by atoms with Crippen molar-refractivity contribution in [2.75, 3.05) is 5.32 Å². The molecule has 0 aliphatic carbocycles. The van der Waals surface area contributed by atoms with Crippen LogP contribution >= 0.6 is 0 Å². The summed E-state index contributed by atoms with van der Waals surface area (Å²) in [4.78, 5) is 3.86. The summed E-state index contributed by atoms with van der Waals surface area (Å²) >= 11 is 0. The maximum absolute atomic E-state index is 11.0. The van der Waals surface area contributed by atoms with E-state index >= 15 is 0 Å². The van der Waals surface area contributed by atoms with Crippen LogP contribution in [-0.4, -0.2) is 22.8 Å². The predicted molar refractivity (Wildman–Crippen MR) is 132 cm³/mol. The van der Waals surface area contributed by atoms with Crippen molar-refractivity contribution in [2.45, 2.75) is 38.2 Å². The number of nitrogens with zero attached hydrogens (tertiary/aromatic N) is 3. The number of hydrogen-bond acceptors (Lipinski definition) is 6. The van der Waals surface area contributed by atoms with E-state index in [1.807, 2.05) is 42.5 Å². The lowest BCUT2D eigenvalue weighted by Crippen LogP contribution is -2.54. The monoisotopic (exact) mass is 467 g/mol. The highest BCUT2D eigenvalue weighted by Gasteiger charge is 2.43. The molecule has 35 heavy (non-hydrogen) atoms. The number of aliphatic imine (C=N–C) groups is 1. The van der Waals surface area contributed by atoms with Crippen molar-refractivity contribution >= 4 is 11.6 Å². The van der Waals surface area contributed by atoms with Gasteiger partial charge < -0.3 is 25.2 Å². The molecule has 1 aliphatic rings. The van der Waals surface area contributed by atoms with Crippen molar-refractivity contribution in [3.8, 4) is 23.8 Å². The molecule has 0 radical (unpaired) electrons. The fourth-order valence-electron chi connectivity index (χ4n) is 3.83. The molecule has 4 rings (SSSR count). The van der Waals surface area contributed by atoms with Crippen molar-refractivity contribution in [1.82, 2.24) is 5.32 Å². The van der Waals surface area contributed by atoms with Gasteiger partial charge in [-0.25, -0.2) is 0 Å². The predicted octanol–water partition coefficient (Wildman–Crippen LogP) is 4.25. The SMILES string of the molecule is CC1(C)Oc2ccc(C#N)cc2C(N/C(=N\C#N)Nc2ccc(OCc3ccccc3)cc2)C1O. The Bertz CT molecular complexity index is 1290. The summed E-state index contributed by atoms with van der Waals surface area (Å²) in [7, 11) is 0. The number of anilines is 1. The zero-order valence-electron chi connectivity index (χ0n) is 19.4. The molecule has 0 amide bonds. The molecule has 1 heterocycles. The Hall–Kier alpha value is -4.53. The number of nitriles is 2. The first-order chi connectivity index (χ1) is 16.9. The van der Waals surface area contributed by atoms with Crippen LogP contribution in [0.2, 0.25) is 0 Å². The zero-order valence-corrected chi connectivity index (χ0v) is 19.4. The smallest absolute Gasteiger partial charge is 0.212 e. The molecule has 1 aliphatic heterocycles. The molecule has 0 saturated heterocycles. The average molecular weight is 468 g/mol. The van der Waals surface area contributed by atoms with Crippen LogP contribution in [0.1, 0.15) is 36.6 Å². The summed E-state index contributed by atoms with van der Waals surface area (Å²) in [5, 5.41) is 35.8. The molecule has 0 saturated carbocycles. The van der Waals surface area contributed by atoms with Gasteiger partial charge >= 0.3 is 0 Å². The van der Waals surface area contributed by atoms with Crippen LogP contribution in [0.3, 0.4) is 0 Å². The molecule has 3 aromatic rings. The van der Waals surface area contributed by atoms with Gasteiger partial charge in [0.2, 0.25) is 12.2 Å². The molecular formula is C27H25N5O3. The highest BCUT2D eigenvalue weighted by molar-refractivity contribution is 5.94. The summed E-state index contributed by atoms with van der Waals surface area (Å²) < 4.78 is 11.8. The van der Waals surface area contributed by atoms with Gasteiger partial charge in [0.05, 0.1) is 17.7 Å². The standard InChI is InChI=1S/C27H25N5O3/c1-27(2)25(33)24(22-14-19(15-28)8-13-23(22)35-27)32-26(30-17-29)31-20-9-11-21(12-10-20)34-16-18-6-4-3-5-7-18/h3-14,24-25,33H,16H2,1-2H3,(H2,30,31,32). The first-order valence-corrected chi connectivity index (χ1v) is 11.1. The van der Waals surface area contributed by atoms with E-state index in [2.05, 4.69) is 21.7 Å². The Morgan fingerprint density at radius 1 is 1.09 bits per heavy atom. The lowest BCUT2D eigenvalue weighted by atomic mass is 9.86. The van der Waals surface area contributed by atoms with Gasteiger partial charge in [-0.1, -0.05) is 30.3 Å². The van der Waals surface area contributed by atoms with E-state index in [1.165, 1.54) is 0 Å². The number of nitrogens with one attached hydrogen (secondary N) is 2. The van der Waals surface area contributed by atoms with Gasteiger partial charge in [-0.2, -0.15) is 10.5 Å². The second-order valence-corrected chi connectivity index (χ2v) is 8.62. The number of benzene rings is 3. The Kier molecular flexibility index (Phi) is 6.86. The van der Waals surface area contributed by atoms with Gasteiger partial charge in [0.15, 0.2) is 0 Å². The molecule has 2 unspecified atom stereocenters. The number of guanidine groups is 1. The molecule has 8 heteroatoms.